The highest BCUT2D eigenvalue weighted by Crippen LogP contribution is 2.34. The van der Waals surface area contributed by atoms with Crippen molar-refractivity contribution in [2.24, 2.45) is 5.84 Å². The van der Waals surface area contributed by atoms with Crippen molar-refractivity contribution in [3.8, 4) is 11.4 Å². The minimum atomic E-state index is 0.686. The smallest absolute Gasteiger partial charge is 0.163 e. The summed E-state index contributed by atoms with van der Waals surface area (Å²) in [7, 11) is 0. The number of nitrogens with one attached hydrogen (secondary N) is 1. The van der Waals surface area contributed by atoms with Crippen molar-refractivity contribution in [3.05, 3.63) is 40.8 Å². The quantitative estimate of drug-likeness (QED) is 0.554. The fraction of sp³-hybridized carbons (Fsp3) is 0.143. The zero-order valence-corrected chi connectivity index (χ0v) is 11.6. The van der Waals surface area contributed by atoms with Gasteiger partial charge in [0.1, 0.15) is 4.83 Å². The van der Waals surface area contributed by atoms with Crippen LogP contribution in [0.1, 0.15) is 10.4 Å². The number of rotatable bonds is 2. The predicted molar refractivity (Wildman–Crippen MR) is 80.1 cm³/mol. The van der Waals surface area contributed by atoms with Gasteiger partial charge < -0.3 is 5.43 Å². The molecule has 0 saturated carbocycles. The summed E-state index contributed by atoms with van der Waals surface area (Å²) in [5.74, 6) is 6.99. The second kappa shape index (κ2) is 4.60. The molecule has 0 saturated heterocycles. The van der Waals surface area contributed by atoms with E-state index in [0.29, 0.717) is 11.6 Å². The van der Waals surface area contributed by atoms with Gasteiger partial charge >= 0.3 is 0 Å². The highest BCUT2D eigenvalue weighted by Gasteiger charge is 2.14. The van der Waals surface area contributed by atoms with Crippen molar-refractivity contribution < 1.29 is 0 Å². The predicted octanol–water partition coefficient (Wildman–Crippen LogP) is 3.26. The van der Waals surface area contributed by atoms with E-state index in [9.17, 15) is 0 Å². The van der Waals surface area contributed by atoms with Gasteiger partial charge in [-0.2, -0.15) is 0 Å². The van der Waals surface area contributed by atoms with Crippen LogP contribution in [0, 0.1) is 13.8 Å². The number of anilines is 1. The van der Waals surface area contributed by atoms with Crippen LogP contribution < -0.4 is 11.3 Å². The molecule has 3 N–H and O–H groups in total. The molecule has 0 amide bonds. The third-order valence-corrected chi connectivity index (χ3v) is 4.30. The van der Waals surface area contributed by atoms with Crippen molar-refractivity contribution >= 4 is 27.4 Å². The van der Waals surface area contributed by atoms with Gasteiger partial charge in [-0.1, -0.05) is 30.3 Å². The Morgan fingerprint density at radius 3 is 2.53 bits per heavy atom. The standard InChI is InChI=1S/C14H14N4S/c1-8-9(2)19-14-11(8)13(18-15)16-12(17-14)10-6-4-3-5-7-10/h3-7H,15H2,1-2H3,(H,16,17,18). The van der Waals surface area contributed by atoms with E-state index in [4.69, 9.17) is 5.84 Å². The highest BCUT2D eigenvalue weighted by molar-refractivity contribution is 7.18. The van der Waals surface area contributed by atoms with Crippen LogP contribution in [0.25, 0.3) is 21.6 Å². The lowest BCUT2D eigenvalue weighted by Crippen LogP contribution is -2.10. The SMILES string of the molecule is Cc1sc2nc(-c3ccccc3)nc(NN)c2c1C. The monoisotopic (exact) mass is 270 g/mol. The van der Waals surface area contributed by atoms with Gasteiger partial charge in [-0.25, -0.2) is 15.8 Å². The van der Waals surface area contributed by atoms with Crippen LogP contribution in [0.4, 0.5) is 5.82 Å². The topological polar surface area (TPSA) is 63.8 Å². The van der Waals surface area contributed by atoms with Crippen LogP contribution in [0.5, 0.6) is 0 Å². The Hall–Kier alpha value is -1.98. The molecule has 3 aromatic rings. The number of hydrazine groups is 1. The minimum absolute atomic E-state index is 0.686. The second-order valence-corrected chi connectivity index (χ2v) is 5.57. The van der Waals surface area contributed by atoms with E-state index in [1.165, 1.54) is 10.4 Å². The maximum atomic E-state index is 5.61. The maximum absolute atomic E-state index is 5.61. The zero-order chi connectivity index (χ0) is 13.4. The summed E-state index contributed by atoms with van der Waals surface area (Å²) in [6.07, 6.45) is 0. The third kappa shape index (κ3) is 1.97. The lowest BCUT2D eigenvalue weighted by Gasteiger charge is -2.06. The number of fused-ring (bicyclic) bond motifs is 1. The lowest BCUT2D eigenvalue weighted by molar-refractivity contribution is 1.19. The van der Waals surface area contributed by atoms with Gasteiger partial charge in [-0.3, -0.25) is 0 Å². The van der Waals surface area contributed by atoms with Crippen LogP contribution in [0.3, 0.4) is 0 Å². The van der Waals surface area contributed by atoms with Gasteiger partial charge in [0.2, 0.25) is 0 Å². The maximum Gasteiger partial charge on any atom is 0.163 e. The van der Waals surface area contributed by atoms with E-state index in [-0.39, 0.29) is 0 Å². The molecule has 2 heterocycles. The molecule has 0 aliphatic heterocycles. The molecule has 96 valence electrons. The Kier molecular flexibility index (Phi) is 2.93. The fourth-order valence-electron chi connectivity index (χ4n) is 2.07. The summed E-state index contributed by atoms with van der Waals surface area (Å²) in [6, 6.07) is 9.92. The second-order valence-electron chi connectivity index (χ2n) is 4.37. The number of hydrogen-bond acceptors (Lipinski definition) is 5. The molecule has 0 spiro atoms. The molecule has 0 aliphatic rings. The number of benzene rings is 1. The first-order valence-electron chi connectivity index (χ1n) is 6.00. The molecule has 0 atom stereocenters. The van der Waals surface area contributed by atoms with Crippen molar-refractivity contribution in [2.45, 2.75) is 13.8 Å². The van der Waals surface area contributed by atoms with Crippen LogP contribution >= 0.6 is 11.3 Å². The molecular weight excluding hydrogens is 256 g/mol. The average molecular weight is 270 g/mol. The molecule has 4 nitrogen and oxygen atoms in total. The van der Waals surface area contributed by atoms with Crippen molar-refractivity contribution in [3.63, 3.8) is 0 Å². The largest absolute Gasteiger partial charge is 0.308 e. The molecule has 2 aromatic heterocycles. The van der Waals surface area contributed by atoms with Gasteiger partial charge in [0.15, 0.2) is 11.6 Å². The first-order chi connectivity index (χ1) is 9.20. The first-order valence-corrected chi connectivity index (χ1v) is 6.82. The van der Waals surface area contributed by atoms with Crippen LogP contribution in [-0.2, 0) is 0 Å². The van der Waals surface area contributed by atoms with Crippen molar-refractivity contribution in [1.82, 2.24) is 9.97 Å². The molecule has 19 heavy (non-hydrogen) atoms. The fourth-order valence-corrected chi connectivity index (χ4v) is 3.10. The number of nitrogens with zero attached hydrogens (tertiary/aromatic N) is 2. The Bertz CT molecular complexity index is 734. The molecule has 0 radical (unpaired) electrons. The molecule has 0 bridgehead atoms. The van der Waals surface area contributed by atoms with Crippen molar-refractivity contribution in [2.75, 3.05) is 5.43 Å². The molecule has 3 rings (SSSR count). The van der Waals surface area contributed by atoms with E-state index in [1.807, 2.05) is 30.3 Å². The number of thiophene rings is 1. The van der Waals surface area contributed by atoms with Crippen LogP contribution in [0.2, 0.25) is 0 Å². The van der Waals surface area contributed by atoms with Gasteiger partial charge in [-0.05, 0) is 19.4 Å². The molecule has 5 heteroatoms. The molecule has 0 aliphatic carbocycles. The molecular formula is C14H14N4S. The normalized spacial score (nSPS) is 10.9. The summed E-state index contributed by atoms with van der Waals surface area (Å²) in [5.41, 5.74) is 4.87. The molecule has 1 aromatic carbocycles. The van der Waals surface area contributed by atoms with E-state index in [1.54, 1.807) is 11.3 Å². The Morgan fingerprint density at radius 2 is 1.84 bits per heavy atom. The number of aromatic nitrogens is 2. The summed E-state index contributed by atoms with van der Waals surface area (Å²) in [4.78, 5) is 11.4. The Morgan fingerprint density at radius 1 is 1.11 bits per heavy atom. The highest BCUT2D eigenvalue weighted by atomic mass is 32.1. The van der Waals surface area contributed by atoms with E-state index in [2.05, 4.69) is 29.2 Å². The minimum Gasteiger partial charge on any atom is -0.308 e. The first kappa shape index (κ1) is 12.1. The zero-order valence-electron chi connectivity index (χ0n) is 10.8. The number of hydrogen-bond donors (Lipinski definition) is 2. The van der Waals surface area contributed by atoms with Crippen LogP contribution in [0.15, 0.2) is 30.3 Å². The van der Waals surface area contributed by atoms with Gasteiger partial charge in [0, 0.05) is 10.4 Å². The van der Waals surface area contributed by atoms with E-state index >= 15 is 0 Å². The van der Waals surface area contributed by atoms with Crippen molar-refractivity contribution in [1.29, 1.82) is 0 Å². The molecule has 0 unspecified atom stereocenters. The number of nitrogens with two attached hydrogens (primary N) is 1. The Balaban J connectivity index is 2.29. The number of aryl methyl sites for hydroxylation is 2. The molecule has 0 fully saturated rings. The van der Waals surface area contributed by atoms with Crippen LogP contribution in [-0.4, -0.2) is 9.97 Å². The Labute approximate surface area is 115 Å². The third-order valence-electron chi connectivity index (χ3n) is 3.20. The lowest BCUT2D eigenvalue weighted by atomic mass is 10.2. The summed E-state index contributed by atoms with van der Waals surface area (Å²) >= 11 is 1.67. The van der Waals surface area contributed by atoms with E-state index in [0.717, 1.165) is 15.8 Å². The van der Waals surface area contributed by atoms with Gasteiger partial charge in [-0.15, -0.1) is 11.3 Å². The summed E-state index contributed by atoms with van der Waals surface area (Å²) < 4.78 is 0. The average Bonchev–Trinajstić information content (AvgIpc) is 2.74. The number of nitrogen functional groups attached to an aromatic ring is 1. The van der Waals surface area contributed by atoms with E-state index < -0.39 is 0 Å². The van der Waals surface area contributed by atoms with Gasteiger partial charge in [0.25, 0.3) is 0 Å². The van der Waals surface area contributed by atoms with Gasteiger partial charge in [0.05, 0.1) is 5.39 Å². The summed E-state index contributed by atoms with van der Waals surface area (Å²) in [5, 5.41) is 1.02. The summed E-state index contributed by atoms with van der Waals surface area (Å²) in [6.45, 7) is 4.16.